The molecule has 64 heavy (non-hydrogen) atoms. The summed E-state index contributed by atoms with van der Waals surface area (Å²) in [5.41, 5.74) is 7.19. The quantitative estimate of drug-likeness (QED) is 0.113. The first kappa shape index (κ1) is 39.7. The van der Waals surface area contributed by atoms with Gasteiger partial charge in [-0.05, 0) is 119 Å². The van der Waals surface area contributed by atoms with E-state index in [0.29, 0.717) is 56.1 Å². The minimum Gasteiger partial charge on any atom is -0.307 e. The largest absolute Gasteiger partial charge is 0.307 e. The maximum Gasteiger partial charge on any atom is 0.150 e. The molecule has 0 bridgehead atoms. The minimum absolute atomic E-state index is 0.119. The van der Waals surface area contributed by atoms with E-state index in [1.165, 1.54) is 12.1 Å². The van der Waals surface area contributed by atoms with Crippen LogP contribution in [0.25, 0.3) is 54.6 Å². The lowest BCUT2D eigenvalue weighted by atomic mass is 9.91. The molecule has 0 fully saturated rings. The van der Waals surface area contributed by atoms with Crippen LogP contribution in [-0.4, -0.2) is 0 Å². The normalized spacial score (nSPS) is 11.2. The van der Waals surface area contributed by atoms with Crippen LogP contribution in [0.1, 0.15) is 22.3 Å². The lowest BCUT2D eigenvalue weighted by molar-refractivity contribution is 0.584. The van der Waals surface area contributed by atoms with E-state index in [4.69, 9.17) is 0 Å². The highest BCUT2D eigenvalue weighted by Crippen LogP contribution is 2.51. The van der Waals surface area contributed by atoms with E-state index in [1.54, 1.807) is 58.3 Å². The third-order valence-electron chi connectivity index (χ3n) is 11.8. The summed E-state index contributed by atoms with van der Waals surface area (Å²) in [6.45, 7) is 3.89. The number of hydrogen-bond acceptors (Lipinski definition) is 4. The van der Waals surface area contributed by atoms with Gasteiger partial charge < -0.3 is 9.80 Å². The second kappa shape index (κ2) is 15.8. The lowest BCUT2D eigenvalue weighted by Gasteiger charge is -2.31. The molecule has 0 N–H and O–H groups in total. The van der Waals surface area contributed by atoms with Crippen molar-refractivity contribution in [2.75, 3.05) is 9.80 Å². The van der Waals surface area contributed by atoms with E-state index in [-0.39, 0.29) is 11.4 Å². The van der Waals surface area contributed by atoms with Gasteiger partial charge in [-0.25, -0.2) is 17.6 Å². The molecule has 0 aliphatic heterocycles. The number of nitrogens with zero attached hydrogens (tertiary/aromatic N) is 4. The van der Waals surface area contributed by atoms with Crippen molar-refractivity contribution in [3.8, 4) is 34.4 Å². The summed E-state index contributed by atoms with van der Waals surface area (Å²) in [4.78, 5) is 3.53. The third-order valence-corrected chi connectivity index (χ3v) is 11.8. The molecule has 0 aromatic heterocycles. The van der Waals surface area contributed by atoms with E-state index in [2.05, 4.69) is 12.1 Å². The zero-order chi connectivity index (χ0) is 44.2. The average molecular weight is 839 g/mol. The zero-order valence-electron chi connectivity index (χ0n) is 34.5. The number of aryl methyl sites for hydroxylation is 2. The highest BCUT2D eigenvalue weighted by atomic mass is 19.1. The number of hydrogen-bond donors (Lipinski definition) is 0. The Morgan fingerprint density at radius 2 is 0.766 bits per heavy atom. The Balaban J connectivity index is 1.27. The van der Waals surface area contributed by atoms with Crippen LogP contribution in [0.15, 0.2) is 170 Å². The van der Waals surface area contributed by atoms with Crippen molar-refractivity contribution in [1.29, 1.82) is 10.5 Å². The van der Waals surface area contributed by atoms with Crippen LogP contribution in [0.5, 0.6) is 0 Å². The summed E-state index contributed by atoms with van der Waals surface area (Å²) in [5.74, 6) is -3.02. The second-order valence-electron chi connectivity index (χ2n) is 15.9. The van der Waals surface area contributed by atoms with Gasteiger partial charge in [0.2, 0.25) is 0 Å². The highest BCUT2D eigenvalue weighted by Gasteiger charge is 2.28. The molecule has 0 saturated heterocycles. The number of anilines is 6. The molecular weight excluding hydrogens is 805 g/mol. The van der Waals surface area contributed by atoms with Gasteiger partial charge in [0.05, 0.1) is 46.0 Å². The summed E-state index contributed by atoms with van der Waals surface area (Å²) in [5, 5.41) is 24.3. The van der Waals surface area contributed by atoms with Crippen molar-refractivity contribution in [1.82, 2.24) is 0 Å². The Morgan fingerprint density at radius 3 is 1.12 bits per heavy atom. The fourth-order valence-electron chi connectivity index (χ4n) is 8.80. The summed E-state index contributed by atoms with van der Waals surface area (Å²) >= 11 is 0. The first-order valence-corrected chi connectivity index (χ1v) is 20.5. The smallest absolute Gasteiger partial charge is 0.150 e. The van der Waals surface area contributed by atoms with Gasteiger partial charge in [0, 0.05) is 45.4 Å². The molecule has 0 aliphatic carbocycles. The van der Waals surface area contributed by atoms with Gasteiger partial charge in [-0.3, -0.25) is 0 Å². The van der Waals surface area contributed by atoms with E-state index < -0.39 is 23.3 Å². The molecule has 8 heteroatoms. The van der Waals surface area contributed by atoms with Crippen LogP contribution in [0.3, 0.4) is 0 Å². The van der Waals surface area contributed by atoms with Gasteiger partial charge in [0.25, 0.3) is 0 Å². The lowest BCUT2D eigenvalue weighted by Crippen LogP contribution is -2.15. The molecule has 0 saturated carbocycles. The van der Waals surface area contributed by atoms with Crippen LogP contribution in [0.2, 0.25) is 0 Å². The number of halogens is 4. The molecule has 0 aliphatic rings. The highest BCUT2D eigenvalue weighted by molar-refractivity contribution is 6.28. The van der Waals surface area contributed by atoms with Crippen LogP contribution in [0.4, 0.5) is 51.7 Å². The Bertz CT molecular complexity index is 3280. The third kappa shape index (κ3) is 6.79. The fourth-order valence-corrected chi connectivity index (χ4v) is 8.80. The molecular formula is C56H34F4N4. The monoisotopic (exact) mass is 838 g/mol. The SMILES string of the molecule is Cc1ccc(-c2cc(F)cc(F)c2N(c2ccc(C#N)cc2)c2ccc3ccc4c(N(c5ccc(C#N)cc5)c5c(F)cc(F)cc5-c5ccc(C)cc5)ccc5ccc2c3c54)cc1. The molecule has 0 amide bonds. The first-order chi connectivity index (χ1) is 31.1. The standard InChI is InChI=1S/C56H34F4N4/c1-33-3-11-37(12-4-33)47-27-41(57)29-49(59)55(47)63(43-19-7-35(31-61)8-20-43)51-25-17-39-16-24-46-52(26-18-40-15-23-45(51)53(39)54(40)46)64(44-21-9-36(32-62)10-22-44)56-48(28-42(58)30-50(56)60)38-13-5-34(2)6-14-38/h3-30H,1-2H3. The number of benzene rings is 10. The molecule has 306 valence electrons. The van der Waals surface area contributed by atoms with Crippen LogP contribution in [-0.2, 0) is 0 Å². The van der Waals surface area contributed by atoms with Gasteiger partial charge in [-0.15, -0.1) is 0 Å². The molecule has 0 heterocycles. The Kier molecular flexibility index (Phi) is 9.78. The summed E-state index contributed by atoms with van der Waals surface area (Å²) in [6, 6.07) is 53.0. The minimum atomic E-state index is -0.781. The van der Waals surface area contributed by atoms with Gasteiger partial charge >= 0.3 is 0 Å². The molecule has 0 atom stereocenters. The zero-order valence-corrected chi connectivity index (χ0v) is 34.5. The fraction of sp³-hybridized carbons (Fsp3) is 0.0357. The molecule has 4 nitrogen and oxygen atoms in total. The van der Waals surface area contributed by atoms with Crippen molar-refractivity contribution in [2.45, 2.75) is 13.8 Å². The molecule has 0 unspecified atom stereocenters. The Labute approximate surface area is 366 Å². The van der Waals surface area contributed by atoms with Gasteiger partial charge in [0.1, 0.15) is 11.6 Å². The summed E-state index contributed by atoms with van der Waals surface area (Å²) in [6.07, 6.45) is 0. The maximum absolute atomic E-state index is 16.8. The van der Waals surface area contributed by atoms with Gasteiger partial charge in [0.15, 0.2) is 11.6 Å². The van der Waals surface area contributed by atoms with Gasteiger partial charge in [-0.2, -0.15) is 10.5 Å². The summed E-state index contributed by atoms with van der Waals surface area (Å²) in [7, 11) is 0. The molecule has 0 spiro atoms. The predicted octanol–water partition coefficient (Wildman–Crippen LogP) is 15.8. The number of nitriles is 2. The molecule has 10 aromatic carbocycles. The van der Waals surface area contributed by atoms with E-state index in [0.717, 1.165) is 55.6 Å². The molecule has 10 aromatic rings. The van der Waals surface area contributed by atoms with Crippen LogP contribution in [0, 0.1) is 59.8 Å². The maximum atomic E-state index is 16.8. The van der Waals surface area contributed by atoms with Gasteiger partial charge in [-0.1, -0.05) is 96.1 Å². The van der Waals surface area contributed by atoms with Crippen molar-refractivity contribution < 1.29 is 17.6 Å². The van der Waals surface area contributed by atoms with E-state index >= 15 is 17.6 Å². The molecule has 0 radical (unpaired) electrons. The first-order valence-electron chi connectivity index (χ1n) is 20.5. The van der Waals surface area contributed by atoms with Crippen molar-refractivity contribution in [3.63, 3.8) is 0 Å². The summed E-state index contributed by atoms with van der Waals surface area (Å²) < 4.78 is 64.1. The second-order valence-corrected chi connectivity index (χ2v) is 15.9. The predicted molar refractivity (Wildman–Crippen MR) is 249 cm³/mol. The number of rotatable bonds is 8. The molecule has 10 rings (SSSR count). The van der Waals surface area contributed by atoms with Crippen molar-refractivity contribution >= 4 is 66.4 Å². The van der Waals surface area contributed by atoms with E-state index in [1.807, 2.05) is 111 Å². The topological polar surface area (TPSA) is 54.1 Å². The van der Waals surface area contributed by atoms with Crippen molar-refractivity contribution in [3.05, 3.63) is 215 Å². The van der Waals surface area contributed by atoms with E-state index in [9.17, 15) is 10.5 Å². The van der Waals surface area contributed by atoms with Crippen LogP contribution < -0.4 is 9.80 Å². The Morgan fingerprint density at radius 1 is 0.406 bits per heavy atom. The Hall–Kier alpha value is -8.46. The average Bonchev–Trinajstić information content (AvgIpc) is 3.31. The van der Waals surface area contributed by atoms with Crippen LogP contribution >= 0.6 is 0 Å². The van der Waals surface area contributed by atoms with Crippen molar-refractivity contribution in [2.24, 2.45) is 0 Å².